The van der Waals surface area contributed by atoms with Crippen molar-refractivity contribution in [3.05, 3.63) is 59.9 Å². The SMILES string of the molecule is Cc1nc2cc(C(=O)N3CCC(CC(=O)O)CC3)ccc2n1-c1ccccc1. The second-order valence-electron chi connectivity index (χ2n) is 7.37. The molecule has 1 aliphatic rings. The number of carboxylic acids is 1. The summed E-state index contributed by atoms with van der Waals surface area (Å²) < 4.78 is 2.08. The van der Waals surface area contributed by atoms with E-state index in [1.54, 1.807) is 0 Å². The average molecular weight is 377 g/mol. The van der Waals surface area contributed by atoms with Crippen LogP contribution in [0.1, 0.15) is 35.4 Å². The van der Waals surface area contributed by atoms with Crippen molar-refractivity contribution in [2.75, 3.05) is 13.1 Å². The Hall–Kier alpha value is -3.15. The van der Waals surface area contributed by atoms with Crippen LogP contribution in [0, 0.1) is 12.8 Å². The Morgan fingerprint density at radius 1 is 1.11 bits per heavy atom. The predicted molar refractivity (Wildman–Crippen MR) is 107 cm³/mol. The molecule has 0 radical (unpaired) electrons. The maximum atomic E-state index is 12.9. The summed E-state index contributed by atoms with van der Waals surface area (Å²) in [6.45, 7) is 3.17. The molecule has 0 unspecified atom stereocenters. The monoisotopic (exact) mass is 377 g/mol. The van der Waals surface area contributed by atoms with Crippen molar-refractivity contribution in [3.63, 3.8) is 0 Å². The lowest BCUT2D eigenvalue weighted by atomic mass is 9.93. The van der Waals surface area contributed by atoms with Gasteiger partial charge in [0.15, 0.2) is 0 Å². The lowest BCUT2D eigenvalue weighted by Crippen LogP contribution is -2.38. The summed E-state index contributed by atoms with van der Waals surface area (Å²) in [7, 11) is 0. The first-order valence-corrected chi connectivity index (χ1v) is 9.58. The van der Waals surface area contributed by atoms with E-state index in [1.807, 2.05) is 60.4 Å². The van der Waals surface area contributed by atoms with E-state index in [4.69, 9.17) is 5.11 Å². The number of benzene rings is 2. The van der Waals surface area contributed by atoms with Gasteiger partial charge < -0.3 is 10.0 Å². The van der Waals surface area contributed by atoms with Crippen molar-refractivity contribution in [1.29, 1.82) is 0 Å². The van der Waals surface area contributed by atoms with Crippen LogP contribution >= 0.6 is 0 Å². The molecule has 4 rings (SSSR count). The largest absolute Gasteiger partial charge is 0.481 e. The number of nitrogens with zero attached hydrogens (tertiary/aromatic N) is 3. The summed E-state index contributed by atoms with van der Waals surface area (Å²) >= 11 is 0. The Balaban J connectivity index is 1.56. The Labute approximate surface area is 163 Å². The summed E-state index contributed by atoms with van der Waals surface area (Å²) in [6, 6.07) is 15.7. The first-order chi connectivity index (χ1) is 13.5. The van der Waals surface area contributed by atoms with Crippen molar-refractivity contribution in [3.8, 4) is 5.69 Å². The number of carbonyl (C=O) groups excluding carboxylic acids is 1. The molecule has 144 valence electrons. The van der Waals surface area contributed by atoms with Gasteiger partial charge in [0.05, 0.1) is 11.0 Å². The molecule has 0 spiro atoms. The number of aryl methyl sites for hydroxylation is 1. The number of carbonyl (C=O) groups is 2. The van der Waals surface area contributed by atoms with Gasteiger partial charge >= 0.3 is 5.97 Å². The normalized spacial score (nSPS) is 15.1. The standard InChI is InChI=1S/C22H23N3O3/c1-15-23-19-14-17(7-8-20(19)25(15)18-5-3-2-4-6-18)22(28)24-11-9-16(10-12-24)13-21(26)27/h2-8,14,16H,9-13H2,1H3,(H,26,27). The van der Waals surface area contributed by atoms with E-state index in [0.717, 1.165) is 35.4 Å². The number of para-hydroxylation sites is 1. The highest BCUT2D eigenvalue weighted by molar-refractivity contribution is 5.97. The molecule has 0 atom stereocenters. The first-order valence-electron chi connectivity index (χ1n) is 9.58. The van der Waals surface area contributed by atoms with Crippen LogP contribution in [0.15, 0.2) is 48.5 Å². The molecule has 28 heavy (non-hydrogen) atoms. The van der Waals surface area contributed by atoms with Crippen LogP contribution in [0.2, 0.25) is 0 Å². The molecular weight excluding hydrogens is 354 g/mol. The quantitative estimate of drug-likeness (QED) is 0.753. The van der Waals surface area contributed by atoms with Gasteiger partial charge in [0.1, 0.15) is 5.82 Å². The summed E-state index contributed by atoms with van der Waals surface area (Å²) in [5.74, 6) is 0.260. The van der Waals surface area contributed by atoms with Crippen LogP contribution in [-0.4, -0.2) is 44.5 Å². The van der Waals surface area contributed by atoms with Gasteiger partial charge in [-0.2, -0.15) is 0 Å². The van der Waals surface area contributed by atoms with Gasteiger partial charge in [0, 0.05) is 30.8 Å². The van der Waals surface area contributed by atoms with Gasteiger partial charge in [-0.3, -0.25) is 14.2 Å². The second-order valence-corrected chi connectivity index (χ2v) is 7.37. The predicted octanol–water partition coefficient (Wildman–Crippen LogP) is 3.66. The summed E-state index contributed by atoms with van der Waals surface area (Å²) in [5.41, 5.74) is 3.44. The number of hydrogen-bond donors (Lipinski definition) is 1. The third kappa shape index (κ3) is 3.50. The second kappa shape index (κ2) is 7.46. The zero-order valence-electron chi connectivity index (χ0n) is 15.8. The van der Waals surface area contributed by atoms with Crippen LogP contribution in [-0.2, 0) is 4.79 Å². The van der Waals surface area contributed by atoms with Crippen molar-refractivity contribution < 1.29 is 14.7 Å². The van der Waals surface area contributed by atoms with Crippen LogP contribution in [0.25, 0.3) is 16.7 Å². The molecule has 1 saturated heterocycles. The number of hydrogen-bond acceptors (Lipinski definition) is 3. The zero-order valence-corrected chi connectivity index (χ0v) is 15.8. The number of imidazole rings is 1. The molecule has 1 aromatic heterocycles. The number of aromatic nitrogens is 2. The Morgan fingerprint density at radius 3 is 2.50 bits per heavy atom. The summed E-state index contributed by atoms with van der Waals surface area (Å²) in [6.07, 6.45) is 1.66. The summed E-state index contributed by atoms with van der Waals surface area (Å²) in [5, 5.41) is 8.94. The van der Waals surface area contributed by atoms with Crippen molar-refractivity contribution >= 4 is 22.9 Å². The third-order valence-corrected chi connectivity index (χ3v) is 5.45. The van der Waals surface area contributed by atoms with E-state index in [9.17, 15) is 9.59 Å². The van der Waals surface area contributed by atoms with Crippen molar-refractivity contribution in [2.24, 2.45) is 5.92 Å². The van der Waals surface area contributed by atoms with Crippen LogP contribution in [0.3, 0.4) is 0 Å². The van der Waals surface area contributed by atoms with E-state index in [1.165, 1.54) is 0 Å². The van der Waals surface area contributed by atoms with E-state index in [-0.39, 0.29) is 18.2 Å². The zero-order chi connectivity index (χ0) is 19.7. The molecule has 1 amide bonds. The smallest absolute Gasteiger partial charge is 0.303 e. The van der Waals surface area contributed by atoms with Gasteiger partial charge in [0.25, 0.3) is 5.91 Å². The molecule has 3 aromatic rings. The molecule has 1 aliphatic heterocycles. The lowest BCUT2D eigenvalue weighted by Gasteiger charge is -2.31. The van der Waals surface area contributed by atoms with Crippen molar-refractivity contribution in [1.82, 2.24) is 14.5 Å². The molecule has 2 heterocycles. The molecule has 0 aliphatic carbocycles. The number of rotatable bonds is 4. The number of likely N-dealkylation sites (tertiary alicyclic amines) is 1. The highest BCUT2D eigenvalue weighted by atomic mass is 16.4. The minimum Gasteiger partial charge on any atom is -0.481 e. The summed E-state index contributed by atoms with van der Waals surface area (Å²) in [4.78, 5) is 30.2. The number of aliphatic carboxylic acids is 1. The van der Waals surface area contributed by atoms with Gasteiger partial charge in [-0.15, -0.1) is 0 Å². The Morgan fingerprint density at radius 2 is 1.82 bits per heavy atom. The Kier molecular flexibility index (Phi) is 4.86. The molecule has 0 bridgehead atoms. The molecule has 0 saturated carbocycles. The molecule has 6 nitrogen and oxygen atoms in total. The van der Waals surface area contributed by atoms with Gasteiger partial charge in [-0.25, -0.2) is 4.98 Å². The fourth-order valence-electron chi connectivity index (χ4n) is 4.01. The highest BCUT2D eigenvalue weighted by Gasteiger charge is 2.25. The maximum absolute atomic E-state index is 12.9. The van der Waals surface area contributed by atoms with Crippen LogP contribution < -0.4 is 0 Å². The highest BCUT2D eigenvalue weighted by Crippen LogP contribution is 2.25. The van der Waals surface area contributed by atoms with Crippen LogP contribution in [0.5, 0.6) is 0 Å². The molecule has 6 heteroatoms. The molecule has 1 fully saturated rings. The average Bonchev–Trinajstić information content (AvgIpc) is 3.03. The number of carboxylic acid groups (broad SMARTS) is 1. The lowest BCUT2D eigenvalue weighted by molar-refractivity contribution is -0.138. The van der Waals surface area contributed by atoms with Crippen molar-refractivity contribution in [2.45, 2.75) is 26.2 Å². The molecule has 1 N–H and O–H groups in total. The van der Waals surface area contributed by atoms with Gasteiger partial charge in [-0.1, -0.05) is 18.2 Å². The number of fused-ring (bicyclic) bond motifs is 1. The number of amides is 1. The minimum absolute atomic E-state index is 0.0115. The number of piperidine rings is 1. The van der Waals surface area contributed by atoms with Gasteiger partial charge in [0.2, 0.25) is 0 Å². The Bertz CT molecular complexity index is 1020. The van der Waals surface area contributed by atoms with E-state index in [0.29, 0.717) is 18.7 Å². The molecular formula is C22H23N3O3. The van der Waals surface area contributed by atoms with Gasteiger partial charge in [-0.05, 0) is 56.0 Å². The fraction of sp³-hybridized carbons (Fsp3) is 0.318. The topological polar surface area (TPSA) is 75.4 Å². The van der Waals surface area contributed by atoms with E-state index >= 15 is 0 Å². The molecule has 2 aromatic carbocycles. The first kappa shape index (κ1) is 18.2. The van der Waals surface area contributed by atoms with Crippen LogP contribution in [0.4, 0.5) is 0 Å². The minimum atomic E-state index is -0.764. The van der Waals surface area contributed by atoms with E-state index < -0.39 is 5.97 Å². The third-order valence-electron chi connectivity index (χ3n) is 5.45. The van der Waals surface area contributed by atoms with E-state index in [2.05, 4.69) is 9.55 Å². The maximum Gasteiger partial charge on any atom is 0.303 e. The fourth-order valence-corrected chi connectivity index (χ4v) is 4.01.